The Hall–Kier alpha value is -19.9. The van der Waals surface area contributed by atoms with E-state index in [1.807, 2.05) is 133 Å². The van der Waals surface area contributed by atoms with Crippen molar-refractivity contribution in [3.63, 3.8) is 0 Å². The Labute approximate surface area is 866 Å². The maximum absolute atomic E-state index is 6.43. The molecule has 150 heavy (non-hydrogen) atoms. The van der Waals surface area contributed by atoms with E-state index in [2.05, 4.69) is 408 Å². The largest absolute Gasteiger partial charge is 0.455 e. The molecule has 10 heteroatoms. The lowest BCUT2D eigenvalue weighted by molar-refractivity contribution is 0.670. The molecule has 2 aliphatic carbocycles. The summed E-state index contributed by atoms with van der Waals surface area (Å²) < 4.78 is 13.6. The molecule has 0 saturated carbocycles. The van der Waals surface area contributed by atoms with Crippen LogP contribution in [0.4, 0.5) is 0 Å². The van der Waals surface area contributed by atoms with Gasteiger partial charge in [0.2, 0.25) is 0 Å². The molecular weight excluding hydrogens is 1820 g/mol. The van der Waals surface area contributed by atoms with Crippen molar-refractivity contribution in [2.24, 2.45) is 0 Å². The van der Waals surface area contributed by atoms with Gasteiger partial charge >= 0.3 is 0 Å². The third-order valence-corrected chi connectivity index (χ3v) is 29.8. The molecule has 0 aliphatic heterocycles. The second-order valence-corrected chi connectivity index (χ2v) is 38.6. The molecule has 28 aromatic rings. The quantitative estimate of drug-likeness (QED) is 0.101. The minimum atomic E-state index is 0.632. The summed E-state index contributed by atoms with van der Waals surface area (Å²) in [6.45, 7) is 0. The number of furan rings is 1. The molecule has 6 aromatic heterocycles. The molecular formula is C140H91N9O. The second-order valence-electron chi connectivity index (χ2n) is 38.6. The molecule has 0 atom stereocenters. The van der Waals surface area contributed by atoms with Crippen molar-refractivity contribution in [1.82, 2.24) is 43.6 Å². The SMILES string of the molecule is c1ccc(-c2cc(-c3ccccc3)cc(-c3cccc(-n4c5ccccc5c5ccc(-c6cccc7c6Cc6ccccc6-7)cc54)c3)c2)cc1.c1ccc(-c2nc(-c3ccccc3)nc(-c3ccc(-n4c5ccccc5c5ccc(-c6cccc7c6Cc6ccccc6-7)cc54)cc3)n2)cc1.c1ccc(-c2nc(-c3ccccc3)nc(-c3ccc(-n4c5ccccc5c5ccc(-c6cccc7c6oc6ccccc67)cc54)cc3)n2)cc1. The van der Waals surface area contributed by atoms with Crippen molar-refractivity contribution in [3.8, 4) is 174 Å². The summed E-state index contributed by atoms with van der Waals surface area (Å²) in [5.41, 5.74) is 43.4. The predicted molar refractivity (Wildman–Crippen MR) is 618 cm³/mol. The lowest BCUT2D eigenvalue weighted by Gasteiger charge is -2.14. The maximum atomic E-state index is 6.43. The number of para-hydroxylation sites is 5. The smallest absolute Gasteiger partial charge is 0.164 e. The van der Waals surface area contributed by atoms with Crippen LogP contribution in [-0.2, 0) is 12.8 Å². The standard InChI is InChI=1S/C49H33N.C46H30N4.C45H28N4O/c1-3-13-33(14-4-1)38-27-39(34-15-5-2-6-16-34)29-40(28-38)35-18-11-19-41(30-35)50-48-24-10-9-21-45(48)46-26-25-37(32-49(46)50)43-22-12-23-44-42-20-8-7-17-36(42)31-47(43)44;1-3-12-30(13-4-1)44-47-45(31-14-5-2-6-15-31)49-46(48-44)32-22-25-35(26-23-32)50-42-21-10-9-18-39(42)40-27-24-34(29-43(40)50)37-19-11-20-38-36-17-8-7-16-33(36)28-41(37)38;1-3-12-29(13-4-1)43-46-44(30-14-5-2-6-15-30)48-45(47-43)31-22-25-33(26-23-31)49-39-20-9-7-16-35(39)36-27-24-32(28-40(36)49)34-18-11-19-38-37-17-8-10-21-41(37)50-42(34)38/h1-30,32H,31H2;1-27,29H,28H2;1-28H. The Bertz CT molecular complexity index is 9940. The number of benzene rings is 22. The van der Waals surface area contributed by atoms with Crippen LogP contribution in [0.2, 0.25) is 0 Å². The summed E-state index contributed by atoms with van der Waals surface area (Å²) in [7, 11) is 0. The van der Waals surface area contributed by atoms with Gasteiger partial charge < -0.3 is 18.1 Å². The molecule has 0 unspecified atom stereocenters. The van der Waals surface area contributed by atoms with Crippen molar-refractivity contribution in [3.05, 3.63) is 550 Å². The lowest BCUT2D eigenvalue weighted by atomic mass is 9.93. The Kier molecular flexibility index (Phi) is 21.9. The zero-order valence-electron chi connectivity index (χ0n) is 81.6. The van der Waals surface area contributed by atoms with Gasteiger partial charge in [-0.2, -0.15) is 0 Å². The highest BCUT2D eigenvalue weighted by atomic mass is 16.3. The summed E-state index contributed by atoms with van der Waals surface area (Å²) in [5, 5.41) is 9.66. The minimum Gasteiger partial charge on any atom is -0.455 e. The van der Waals surface area contributed by atoms with Gasteiger partial charge in [0.25, 0.3) is 0 Å². The van der Waals surface area contributed by atoms with Crippen LogP contribution in [0.1, 0.15) is 22.3 Å². The summed E-state index contributed by atoms with van der Waals surface area (Å²) in [4.78, 5) is 29.5. The number of hydrogen-bond acceptors (Lipinski definition) is 7. The van der Waals surface area contributed by atoms with Crippen LogP contribution in [0, 0.1) is 0 Å². The number of fused-ring (bicyclic) bond motifs is 18. The Morgan fingerprint density at radius 2 is 0.427 bits per heavy atom. The van der Waals surface area contributed by atoms with Crippen LogP contribution in [0.25, 0.3) is 262 Å². The van der Waals surface area contributed by atoms with E-state index in [9.17, 15) is 0 Å². The van der Waals surface area contributed by atoms with Crippen LogP contribution in [0.5, 0.6) is 0 Å². The van der Waals surface area contributed by atoms with Crippen LogP contribution in [0.3, 0.4) is 0 Å². The fourth-order valence-corrected chi connectivity index (χ4v) is 22.7. The van der Waals surface area contributed by atoms with E-state index in [1.165, 1.54) is 155 Å². The third kappa shape index (κ3) is 15.9. The summed E-state index contributed by atoms with van der Waals surface area (Å²) in [6, 6.07) is 187. The van der Waals surface area contributed by atoms with Gasteiger partial charge in [-0.25, -0.2) is 29.9 Å². The van der Waals surface area contributed by atoms with Crippen LogP contribution in [0.15, 0.2) is 532 Å². The van der Waals surface area contributed by atoms with Crippen LogP contribution >= 0.6 is 0 Å². The van der Waals surface area contributed by atoms with E-state index < -0.39 is 0 Å². The van der Waals surface area contributed by atoms with Crippen molar-refractivity contribution >= 4 is 87.4 Å². The van der Waals surface area contributed by atoms with Gasteiger partial charge in [0.15, 0.2) is 34.9 Å². The molecule has 2 aliphatic rings. The molecule has 0 radical (unpaired) electrons. The Morgan fingerprint density at radius 3 is 0.833 bits per heavy atom. The van der Waals surface area contributed by atoms with Crippen molar-refractivity contribution in [2.75, 3.05) is 0 Å². The first-order valence-electron chi connectivity index (χ1n) is 51.1. The number of aromatic nitrogens is 9. The summed E-state index contributed by atoms with van der Waals surface area (Å²) >= 11 is 0. The third-order valence-electron chi connectivity index (χ3n) is 29.8. The fourth-order valence-electron chi connectivity index (χ4n) is 22.7. The maximum Gasteiger partial charge on any atom is 0.164 e. The average molecular weight is 1920 g/mol. The normalized spacial score (nSPS) is 11.8. The van der Waals surface area contributed by atoms with Crippen molar-refractivity contribution in [2.45, 2.75) is 12.8 Å². The highest BCUT2D eigenvalue weighted by Crippen LogP contribution is 2.49. The average Bonchev–Trinajstić information content (AvgIpc) is 1.59. The number of nitrogens with zero attached hydrogens (tertiary/aromatic N) is 9. The van der Waals surface area contributed by atoms with E-state index in [4.69, 9.17) is 34.3 Å². The Balaban J connectivity index is 0.000000108. The van der Waals surface area contributed by atoms with Gasteiger partial charge in [0.05, 0.1) is 33.1 Å². The fraction of sp³-hybridized carbons (Fsp3) is 0.0143. The van der Waals surface area contributed by atoms with Gasteiger partial charge in [-0.05, 0) is 240 Å². The van der Waals surface area contributed by atoms with Gasteiger partial charge in [-0.3, -0.25) is 0 Å². The molecule has 30 rings (SSSR count). The van der Waals surface area contributed by atoms with E-state index >= 15 is 0 Å². The minimum absolute atomic E-state index is 0.632. The molecule has 0 N–H and O–H groups in total. The molecule has 0 spiro atoms. The first-order chi connectivity index (χ1) is 74.3. The first kappa shape index (κ1) is 87.8. The van der Waals surface area contributed by atoms with Gasteiger partial charge in [0.1, 0.15) is 11.2 Å². The molecule has 0 bridgehead atoms. The molecule has 22 aromatic carbocycles. The molecule has 6 heterocycles. The van der Waals surface area contributed by atoms with Gasteiger partial charge in [-0.15, -0.1) is 0 Å². The summed E-state index contributed by atoms with van der Waals surface area (Å²) in [6.07, 6.45) is 1.93. The van der Waals surface area contributed by atoms with Crippen molar-refractivity contribution in [1.29, 1.82) is 0 Å². The van der Waals surface area contributed by atoms with Gasteiger partial charge in [0, 0.05) is 99.1 Å². The summed E-state index contributed by atoms with van der Waals surface area (Å²) in [5.74, 6) is 3.88. The molecule has 10 nitrogen and oxygen atoms in total. The zero-order valence-corrected chi connectivity index (χ0v) is 81.6. The first-order valence-corrected chi connectivity index (χ1v) is 51.1. The van der Waals surface area contributed by atoms with E-state index in [0.29, 0.717) is 34.9 Å². The topological polar surface area (TPSA) is 105 Å². The lowest BCUT2D eigenvalue weighted by Crippen LogP contribution is -2.00. The predicted octanol–water partition coefficient (Wildman–Crippen LogP) is 35.8. The highest BCUT2D eigenvalue weighted by molar-refractivity contribution is 6.15. The van der Waals surface area contributed by atoms with Crippen molar-refractivity contribution < 1.29 is 4.42 Å². The van der Waals surface area contributed by atoms with Gasteiger partial charge in [-0.1, -0.05) is 406 Å². The number of rotatable bonds is 15. The van der Waals surface area contributed by atoms with E-state index in [0.717, 1.165) is 107 Å². The zero-order chi connectivity index (χ0) is 99.1. The molecule has 0 fully saturated rings. The monoisotopic (exact) mass is 1910 g/mol. The van der Waals surface area contributed by atoms with E-state index in [-0.39, 0.29) is 0 Å². The van der Waals surface area contributed by atoms with E-state index in [1.54, 1.807) is 0 Å². The Morgan fingerprint density at radius 1 is 0.153 bits per heavy atom. The highest BCUT2D eigenvalue weighted by Gasteiger charge is 2.28. The second kappa shape index (κ2) is 37.3. The molecule has 702 valence electrons. The van der Waals surface area contributed by atoms with Crippen LogP contribution in [-0.4, -0.2) is 43.6 Å². The number of hydrogen-bond donors (Lipinski definition) is 0. The molecule has 0 saturated heterocycles. The molecule has 0 amide bonds. The van der Waals surface area contributed by atoms with Crippen LogP contribution < -0.4 is 0 Å².